The maximum absolute atomic E-state index is 10.2. The van der Waals surface area contributed by atoms with Gasteiger partial charge in [0, 0.05) is 5.70 Å². The second-order valence-corrected chi connectivity index (χ2v) is 2.72. The molecule has 0 atom stereocenters. The molecule has 0 saturated heterocycles. The van der Waals surface area contributed by atoms with E-state index in [1.54, 1.807) is 0 Å². The molecule has 1 aliphatic carbocycles. The number of carboxylic acids is 1. The van der Waals surface area contributed by atoms with E-state index in [0.717, 1.165) is 18.5 Å². The monoisotopic (exact) mass is 191 g/mol. The van der Waals surface area contributed by atoms with Crippen LogP contribution in [0.2, 0.25) is 0 Å². The Hall–Kier alpha value is -0.700. The third-order valence-corrected chi connectivity index (χ3v) is 1.76. The Labute approximate surface area is 78.3 Å². The summed E-state index contributed by atoms with van der Waals surface area (Å²) in [5.41, 5.74) is 1.10. The van der Waals surface area contributed by atoms with Gasteiger partial charge in [0.2, 0.25) is 0 Å². The Kier molecular flexibility index (Phi) is 5.54. The van der Waals surface area contributed by atoms with Crippen molar-refractivity contribution in [1.29, 1.82) is 0 Å². The van der Waals surface area contributed by atoms with Crippen LogP contribution >= 0.6 is 12.4 Å². The van der Waals surface area contributed by atoms with Gasteiger partial charge >= 0.3 is 5.97 Å². The number of halogens is 1. The summed E-state index contributed by atoms with van der Waals surface area (Å²) in [6.45, 7) is 0.0475. The van der Waals surface area contributed by atoms with E-state index in [0.29, 0.717) is 0 Å². The summed E-state index contributed by atoms with van der Waals surface area (Å²) in [7, 11) is 0. The van der Waals surface area contributed by atoms with Crippen molar-refractivity contribution >= 4 is 18.4 Å². The average molecular weight is 192 g/mol. The first-order chi connectivity index (χ1) is 5.29. The number of rotatable bonds is 3. The van der Waals surface area contributed by atoms with E-state index in [4.69, 9.17) is 5.11 Å². The zero-order valence-corrected chi connectivity index (χ0v) is 7.69. The first-order valence-electron chi connectivity index (χ1n) is 3.94. The van der Waals surface area contributed by atoms with Gasteiger partial charge in [-0.05, 0) is 25.7 Å². The molecule has 0 aliphatic heterocycles. The van der Waals surface area contributed by atoms with Crippen LogP contribution in [0.25, 0.3) is 0 Å². The summed E-state index contributed by atoms with van der Waals surface area (Å²) >= 11 is 0. The van der Waals surface area contributed by atoms with Crippen LogP contribution in [0.3, 0.4) is 0 Å². The van der Waals surface area contributed by atoms with E-state index < -0.39 is 5.97 Å². The molecule has 0 aromatic rings. The SMILES string of the molecule is Cl.O=C(O)CNC1=CCCCC1. The van der Waals surface area contributed by atoms with Gasteiger partial charge in [-0.2, -0.15) is 0 Å². The summed E-state index contributed by atoms with van der Waals surface area (Å²) in [5, 5.41) is 11.2. The van der Waals surface area contributed by atoms with E-state index in [9.17, 15) is 4.79 Å². The van der Waals surface area contributed by atoms with Crippen molar-refractivity contribution in [2.45, 2.75) is 25.7 Å². The van der Waals surface area contributed by atoms with E-state index in [2.05, 4.69) is 11.4 Å². The minimum Gasteiger partial charge on any atom is -0.480 e. The summed E-state index contributed by atoms with van der Waals surface area (Å²) in [4.78, 5) is 10.2. The largest absolute Gasteiger partial charge is 0.480 e. The maximum Gasteiger partial charge on any atom is 0.322 e. The Balaban J connectivity index is 0.00000121. The second-order valence-electron chi connectivity index (χ2n) is 2.72. The normalized spacial score (nSPS) is 15.8. The van der Waals surface area contributed by atoms with Crippen LogP contribution in [0.4, 0.5) is 0 Å². The predicted octanol–water partition coefficient (Wildman–Crippen LogP) is 1.54. The second kappa shape index (κ2) is 5.89. The summed E-state index contributed by atoms with van der Waals surface area (Å²) in [6.07, 6.45) is 6.60. The van der Waals surface area contributed by atoms with Crippen molar-refractivity contribution in [1.82, 2.24) is 5.32 Å². The third kappa shape index (κ3) is 4.23. The molecule has 0 heterocycles. The standard InChI is InChI=1S/C8H13NO2.ClH/c10-8(11)6-9-7-4-2-1-3-5-7;/h4,9H,1-3,5-6H2,(H,10,11);1H. The number of aliphatic carboxylic acids is 1. The van der Waals surface area contributed by atoms with Gasteiger partial charge < -0.3 is 10.4 Å². The average Bonchev–Trinajstić information content (AvgIpc) is 2.03. The number of hydrogen-bond donors (Lipinski definition) is 2. The predicted molar refractivity (Wildman–Crippen MR) is 49.4 cm³/mol. The molecular weight excluding hydrogens is 178 g/mol. The van der Waals surface area contributed by atoms with Gasteiger partial charge in [-0.25, -0.2) is 0 Å². The van der Waals surface area contributed by atoms with Crippen molar-refractivity contribution in [2.75, 3.05) is 6.54 Å². The smallest absolute Gasteiger partial charge is 0.322 e. The topological polar surface area (TPSA) is 49.3 Å². The molecule has 3 nitrogen and oxygen atoms in total. The molecular formula is C8H14ClNO2. The minimum absolute atomic E-state index is 0. The first kappa shape index (κ1) is 11.3. The number of carbonyl (C=O) groups is 1. The van der Waals surface area contributed by atoms with Crippen molar-refractivity contribution in [3.8, 4) is 0 Å². The Morgan fingerprint density at radius 2 is 2.33 bits per heavy atom. The highest BCUT2D eigenvalue weighted by Gasteiger charge is 2.03. The van der Waals surface area contributed by atoms with Crippen LogP contribution in [0, 0.1) is 0 Å². The van der Waals surface area contributed by atoms with Crippen LogP contribution in [0.5, 0.6) is 0 Å². The van der Waals surface area contributed by atoms with Crippen molar-refractivity contribution in [3.05, 3.63) is 11.8 Å². The van der Waals surface area contributed by atoms with E-state index in [1.807, 2.05) is 0 Å². The molecule has 0 aromatic carbocycles. The molecule has 0 radical (unpaired) electrons. The molecule has 0 spiro atoms. The van der Waals surface area contributed by atoms with Gasteiger partial charge in [-0.3, -0.25) is 4.79 Å². The molecule has 70 valence electrons. The van der Waals surface area contributed by atoms with Gasteiger partial charge in [0.25, 0.3) is 0 Å². The molecule has 1 aliphatic rings. The van der Waals surface area contributed by atoms with E-state index in [1.165, 1.54) is 12.8 Å². The quantitative estimate of drug-likeness (QED) is 0.712. The Morgan fingerprint density at radius 1 is 1.58 bits per heavy atom. The Morgan fingerprint density at radius 3 is 2.83 bits per heavy atom. The maximum atomic E-state index is 10.2. The van der Waals surface area contributed by atoms with Gasteiger partial charge in [0.1, 0.15) is 6.54 Å². The van der Waals surface area contributed by atoms with Crippen molar-refractivity contribution in [3.63, 3.8) is 0 Å². The number of allylic oxidation sites excluding steroid dienone is 2. The number of carboxylic acid groups (broad SMARTS) is 1. The summed E-state index contributed by atoms with van der Waals surface area (Å²) in [6, 6.07) is 0. The number of hydrogen-bond acceptors (Lipinski definition) is 2. The zero-order chi connectivity index (χ0) is 8.10. The lowest BCUT2D eigenvalue weighted by atomic mass is 10.1. The minimum atomic E-state index is -0.795. The van der Waals surface area contributed by atoms with Crippen LogP contribution in [-0.2, 0) is 4.79 Å². The van der Waals surface area contributed by atoms with Gasteiger partial charge in [0.15, 0.2) is 0 Å². The molecule has 12 heavy (non-hydrogen) atoms. The molecule has 0 fully saturated rings. The third-order valence-electron chi connectivity index (χ3n) is 1.76. The molecule has 1 rings (SSSR count). The van der Waals surface area contributed by atoms with Gasteiger partial charge in [0.05, 0.1) is 0 Å². The van der Waals surface area contributed by atoms with Gasteiger partial charge in [-0.15, -0.1) is 12.4 Å². The summed E-state index contributed by atoms with van der Waals surface area (Å²) in [5.74, 6) is -0.795. The van der Waals surface area contributed by atoms with Crippen molar-refractivity contribution in [2.24, 2.45) is 0 Å². The van der Waals surface area contributed by atoms with Crippen molar-refractivity contribution < 1.29 is 9.90 Å². The van der Waals surface area contributed by atoms with Crippen LogP contribution in [-0.4, -0.2) is 17.6 Å². The molecule has 0 aromatic heterocycles. The summed E-state index contributed by atoms with van der Waals surface area (Å²) < 4.78 is 0. The van der Waals surface area contributed by atoms with E-state index >= 15 is 0 Å². The molecule has 0 bridgehead atoms. The van der Waals surface area contributed by atoms with E-state index in [-0.39, 0.29) is 19.0 Å². The van der Waals surface area contributed by atoms with Gasteiger partial charge in [-0.1, -0.05) is 6.08 Å². The molecule has 0 saturated carbocycles. The highest BCUT2D eigenvalue weighted by atomic mass is 35.5. The lowest BCUT2D eigenvalue weighted by Crippen LogP contribution is -2.22. The first-order valence-corrected chi connectivity index (χ1v) is 3.94. The van der Waals surface area contributed by atoms with Crippen LogP contribution in [0.1, 0.15) is 25.7 Å². The fraction of sp³-hybridized carbons (Fsp3) is 0.625. The zero-order valence-electron chi connectivity index (χ0n) is 6.88. The molecule has 0 unspecified atom stereocenters. The molecule has 2 N–H and O–H groups in total. The Bertz CT molecular complexity index is 180. The lowest BCUT2D eigenvalue weighted by Gasteiger charge is -2.12. The fourth-order valence-corrected chi connectivity index (χ4v) is 1.19. The van der Waals surface area contributed by atoms with Crippen LogP contribution < -0.4 is 5.32 Å². The molecule has 0 amide bonds. The highest BCUT2D eigenvalue weighted by molar-refractivity contribution is 5.85. The highest BCUT2D eigenvalue weighted by Crippen LogP contribution is 2.14. The molecule has 4 heteroatoms. The van der Waals surface area contributed by atoms with Crippen LogP contribution in [0.15, 0.2) is 11.8 Å². The fourth-order valence-electron chi connectivity index (χ4n) is 1.19. The number of nitrogens with one attached hydrogen (secondary N) is 1. The lowest BCUT2D eigenvalue weighted by molar-refractivity contribution is -0.135.